The number of aromatic nitrogens is 1. The summed E-state index contributed by atoms with van der Waals surface area (Å²) >= 11 is 6.00. The number of amides is 1. The predicted octanol–water partition coefficient (Wildman–Crippen LogP) is 5.52. The van der Waals surface area contributed by atoms with Crippen LogP contribution in [0.1, 0.15) is 40.2 Å². The average molecular weight is 411 g/mol. The summed E-state index contributed by atoms with van der Waals surface area (Å²) in [6, 6.07) is 15.6. The van der Waals surface area contributed by atoms with E-state index in [2.05, 4.69) is 16.4 Å². The van der Waals surface area contributed by atoms with Gasteiger partial charge in [0.2, 0.25) is 0 Å². The number of hydrogen-bond acceptors (Lipinski definition) is 3. The van der Waals surface area contributed by atoms with Gasteiger partial charge in [-0.3, -0.25) is 4.79 Å². The van der Waals surface area contributed by atoms with Gasteiger partial charge >= 0.3 is 0 Å². The standard InChI is InChI=1S/C23H20ClFN2O2/c24-22-13-20(23(28)26-11-10-15-4-8-18(25)9-5-15)21(14-27-22)29-19-3-1-2-17(12-19)16-6-7-16/h1-5,8-9,12-14,16H,6-7,10-11H2,(H,26,28). The molecule has 3 aromatic rings. The van der Waals surface area contributed by atoms with Crippen molar-refractivity contribution >= 4 is 17.5 Å². The molecule has 1 fully saturated rings. The molecule has 1 aliphatic rings. The second kappa shape index (κ2) is 8.62. The molecule has 1 aliphatic carbocycles. The monoisotopic (exact) mass is 410 g/mol. The Morgan fingerprint density at radius 3 is 2.72 bits per heavy atom. The highest BCUT2D eigenvalue weighted by Crippen LogP contribution is 2.41. The van der Waals surface area contributed by atoms with Crippen molar-refractivity contribution in [1.29, 1.82) is 0 Å². The Bertz CT molecular complexity index is 1020. The number of pyridine rings is 1. The number of halogens is 2. The van der Waals surface area contributed by atoms with Crippen LogP contribution in [0.15, 0.2) is 60.8 Å². The molecule has 0 aliphatic heterocycles. The van der Waals surface area contributed by atoms with Gasteiger partial charge in [0, 0.05) is 6.54 Å². The molecule has 4 rings (SSSR count). The molecule has 0 unspecified atom stereocenters. The fourth-order valence-corrected chi connectivity index (χ4v) is 3.28. The predicted molar refractivity (Wildman–Crippen MR) is 110 cm³/mol. The van der Waals surface area contributed by atoms with E-state index in [4.69, 9.17) is 16.3 Å². The second-order valence-electron chi connectivity index (χ2n) is 7.08. The van der Waals surface area contributed by atoms with Crippen molar-refractivity contribution in [2.45, 2.75) is 25.2 Å². The van der Waals surface area contributed by atoms with Crippen LogP contribution < -0.4 is 10.1 Å². The maximum atomic E-state index is 13.0. The van der Waals surface area contributed by atoms with E-state index in [0.717, 1.165) is 5.56 Å². The van der Waals surface area contributed by atoms with Crippen LogP contribution in [0.25, 0.3) is 0 Å². The number of nitrogens with one attached hydrogen (secondary N) is 1. The first kappa shape index (κ1) is 19.4. The third kappa shape index (κ3) is 5.12. The number of benzene rings is 2. The maximum absolute atomic E-state index is 13.0. The van der Waals surface area contributed by atoms with Crippen molar-refractivity contribution in [3.05, 3.63) is 88.5 Å². The Kier molecular flexibility index (Phi) is 5.76. The van der Waals surface area contributed by atoms with E-state index >= 15 is 0 Å². The van der Waals surface area contributed by atoms with Crippen molar-refractivity contribution in [3.8, 4) is 11.5 Å². The molecule has 6 heteroatoms. The molecule has 1 N–H and O–H groups in total. The Labute approximate surface area is 173 Å². The van der Waals surface area contributed by atoms with Crippen molar-refractivity contribution < 1.29 is 13.9 Å². The highest BCUT2D eigenvalue weighted by Gasteiger charge is 2.24. The number of carbonyl (C=O) groups excluding carboxylic acids is 1. The van der Waals surface area contributed by atoms with Gasteiger partial charge in [0.05, 0.1) is 11.8 Å². The summed E-state index contributed by atoms with van der Waals surface area (Å²) in [7, 11) is 0. The SMILES string of the molecule is O=C(NCCc1ccc(F)cc1)c1cc(Cl)ncc1Oc1cccc(C2CC2)c1. The van der Waals surface area contributed by atoms with Crippen LogP contribution in [-0.2, 0) is 6.42 Å². The minimum absolute atomic E-state index is 0.216. The van der Waals surface area contributed by atoms with Gasteiger partial charge in [-0.1, -0.05) is 35.9 Å². The molecular formula is C23H20ClFN2O2. The normalized spacial score (nSPS) is 13.2. The van der Waals surface area contributed by atoms with Gasteiger partial charge in [-0.2, -0.15) is 0 Å². The first-order chi connectivity index (χ1) is 14.1. The molecule has 0 spiro atoms. The van der Waals surface area contributed by atoms with Gasteiger partial charge in [-0.25, -0.2) is 9.37 Å². The van der Waals surface area contributed by atoms with Gasteiger partial charge in [0.25, 0.3) is 5.91 Å². The van der Waals surface area contributed by atoms with Crippen LogP contribution in [-0.4, -0.2) is 17.4 Å². The topological polar surface area (TPSA) is 51.2 Å². The van der Waals surface area contributed by atoms with Gasteiger partial charge < -0.3 is 10.1 Å². The van der Waals surface area contributed by atoms with Gasteiger partial charge in [-0.05, 0) is 66.6 Å². The van der Waals surface area contributed by atoms with Crippen LogP contribution >= 0.6 is 11.6 Å². The number of ether oxygens (including phenoxy) is 1. The summed E-state index contributed by atoms with van der Waals surface area (Å²) < 4.78 is 18.9. The van der Waals surface area contributed by atoms with Gasteiger partial charge in [0.1, 0.15) is 16.7 Å². The molecule has 4 nitrogen and oxygen atoms in total. The lowest BCUT2D eigenvalue weighted by atomic mass is 10.1. The molecule has 0 radical (unpaired) electrons. The third-order valence-corrected chi connectivity index (χ3v) is 5.03. The van der Waals surface area contributed by atoms with Crippen LogP contribution in [0.3, 0.4) is 0 Å². The fraction of sp³-hybridized carbons (Fsp3) is 0.217. The Morgan fingerprint density at radius 2 is 1.97 bits per heavy atom. The molecule has 1 saturated carbocycles. The zero-order chi connectivity index (χ0) is 20.2. The van der Waals surface area contributed by atoms with Gasteiger partial charge in [-0.15, -0.1) is 0 Å². The summed E-state index contributed by atoms with van der Waals surface area (Å²) in [6.45, 7) is 0.404. The van der Waals surface area contributed by atoms with E-state index in [1.807, 2.05) is 18.2 Å². The summed E-state index contributed by atoms with van der Waals surface area (Å²) in [5.41, 5.74) is 2.50. The number of nitrogens with zero attached hydrogens (tertiary/aromatic N) is 1. The Hall–Kier alpha value is -2.92. The van der Waals surface area contributed by atoms with E-state index < -0.39 is 0 Å². The van der Waals surface area contributed by atoms with E-state index in [-0.39, 0.29) is 16.9 Å². The van der Waals surface area contributed by atoms with E-state index in [9.17, 15) is 9.18 Å². The van der Waals surface area contributed by atoms with Crippen molar-refractivity contribution in [2.24, 2.45) is 0 Å². The number of rotatable bonds is 7. The zero-order valence-electron chi connectivity index (χ0n) is 15.7. The van der Waals surface area contributed by atoms with Crippen LogP contribution in [0.2, 0.25) is 5.15 Å². The molecule has 1 aromatic heterocycles. The molecular weight excluding hydrogens is 391 g/mol. The van der Waals surface area contributed by atoms with E-state index in [1.165, 1.54) is 42.8 Å². The Morgan fingerprint density at radius 1 is 1.17 bits per heavy atom. The minimum atomic E-state index is -0.301. The number of hydrogen-bond donors (Lipinski definition) is 1. The molecule has 0 saturated heterocycles. The van der Waals surface area contributed by atoms with E-state index in [0.29, 0.717) is 35.9 Å². The highest BCUT2D eigenvalue weighted by molar-refractivity contribution is 6.29. The second-order valence-corrected chi connectivity index (χ2v) is 7.47. The quantitative estimate of drug-likeness (QED) is 0.522. The van der Waals surface area contributed by atoms with Crippen LogP contribution in [0.5, 0.6) is 11.5 Å². The first-order valence-electron chi connectivity index (χ1n) is 9.54. The summed E-state index contributed by atoms with van der Waals surface area (Å²) in [6.07, 6.45) is 4.45. The average Bonchev–Trinajstić information content (AvgIpc) is 3.56. The summed E-state index contributed by atoms with van der Waals surface area (Å²) in [5.74, 6) is 1.04. The molecule has 0 bridgehead atoms. The van der Waals surface area contributed by atoms with Crippen molar-refractivity contribution in [2.75, 3.05) is 6.54 Å². The van der Waals surface area contributed by atoms with Crippen molar-refractivity contribution in [1.82, 2.24) is 10.3 Å². The molecule has 29 heavy (non-hydrogen) atoms. The smallest absolute Gasteiger partial charge is 0.255 e. The molecule has 1 heterocycles. The third-order valence-electron chi connectivity index (χ3n) is 4.83. The highest BCUT2D eigenvalue weighted by atomic mass is 35.5. The van der Waals surface area contributed by atoms with Gasteiger partial charge in [0.15, 0.2) is 5.75 Å². The summed E-state index contributed by atoms with van der Waals surface area (Å²) in [4.78, 5) is 16.7. The summed E-state index contributed by atoms with van der Waals surface area (Å²) in [5, 5.41) is 3.07. The lowest BCUT2D eigenvalue weighted by Gasteiger charge is -2.12. The lowest BCUT2D eigenvalue weighted by Crippen LogP contribution is -2.26. The molecule has 2 aromatic carbocycles. The number of carbonyl (C=O) groups is 1. The zero-order valence-corrected chi connectivity index (χ0v) is 16.5. The first-order valence-corrected chi connectivity index (χ1v) is 9.92. The minimum Gasteiger partial charge on any atom is -0.455 e. The van der Waals surface area contributed by atoms with E-state index in [1.54, 1.807) is 12.1 Å². The fourth-order valence-electron chi connectivity index (χ4n) is 3.12. The maximum Gasteiger partial charge on any atom is 0.255 e. The lowest BCUT2D eigenvalue weighted by molar-refractivity contribution is 0.0951. The molecule has 0 atom stereocenters. The molecule has 148 valence electrons. The largest absolute Gasteiger partial charge is 0.455 e. The van der Waals surface area contributed by atoms with Crippen LogP contribution in [0, 0.1) is 5.82 Å². The van der Waals surface area contributed by atoms with Crippen LogP contribution in [0.4, 0.5) is 4.39 Å². The Balaban J connectivity index is 1.44. The van der Waals surface area contributed by atoms with Crippen molar-refractivity contribution in [3.63, 3.8) is 0 Å². The molecule has 1 amide bonds.